The second-order valence-corrected chi connectivity index (χ2v) is 5.97. The topological polar surface area (TPSA) is 98.2 Å². The number of halogens is 1. The van der Waals surface area contributed by atoms with Crippen molar-refractivity contribution in [3.63, 3.8) is 0 Å². The molecule has 1 unspecified atom stereocenters. The highest BCUT2D eigenvalue weighted by Crippen LogP contribution is 2.24. The predicted molar refractivity (Wildman–Crippen MR) is 84.7 cm³/mol. The summed E-state index contributed by atoms with van der Waals surface area (Å²) in [6.45, 7) is 3.01. The van der Waals surface area contributed by atoms with Gasteiger partial charge in [0, 0.05) is 20.1 Å². The molecule has 3 rings (SSSR count). The summed E-state index contributed by atoms with van der Waals surface area (Å²) in [5.74, 6) is 0.211. The third-order valence-corrected chi connectivity index (χ3v) is 4.24. The number of amides is 1. The quantitative estimate of drug-likeness (QED) is 0.874. The number of carbonyl (C=O) groups excluding carboxylic acids is 1. The van der Waals surface area contributed by atoms with E-state index >= 15 is 0 Å². The second kappa shape index (κ2) is 6.04. The highest BCUT2D eigenvalue weighted by atomic mass is 35.5. The van der Waals surface area contributed by atoms with Gasteiger partial charge in [-0.1, -0.05) is 11.6 Å². The zero-order valence-electron chi connectivity index (χ0n) is 12.8. The normalized spacial score (nSPS) is 17.5. The molecule has 23 heavy (non-hydrogen) atoms. The molecule has 1 saturated heterocycles. The summed E-state index contributed by atoms with van der Waals surface area (Å²) >= 11 is 5.79. The molecule has 0 saturated carbocycles. The molecule has 1 amide bonds. The van der Waals surface area contributed by atoms with Crippen LogP contribution in [0.4, 0.5) is 5.95 Å². The van der Waals surface area contributed by atoms with Crippen LogP contribution in [0.15, 0.2) is 12.4 Å². The van der Waals surface area contributed by atoms with E-state index in [1.54, 1.807) is 31.3 Å². The van der Waals surface area contributed by atoms with Crippen LogP contribution in [0, 0.1) is 6.92 Å². The number of carbonyl (C=O) groups is 1. The monoisotopic (exact) mass is 336 g/mol. The lowest BCUT2D eigenvalue weighted by Gasteiger charge is -2.24. The van der Waals surface area contributed by atoms with Crippen LogP contribution in [0.5, 0.6) is 5.75 Å². The maximum Gasteiger partial charge on any atom is 0.275 e. The number of hydrogen-bond acceptors (Lipinski definition) is 6. The van der Waals surface area contributed by atoms with Crippen molar-refractivity contribution in [2.45, 2.75) is 19.4 Å². The van der Waals surface area contributed by atoms with Gasteiger partial charge in [0.2, 0.25) is 5.95 Å². The van der Waals surface area contributed by atoms with Crippen molar-refractivity contribution in [1.82, 2.24) is 25.1 Å². The highest BCUT2D eigenvalue weighted by molar-refractivity contribution is 6.30. The molecule has 1 aliphatic heterocycles. The first-order valence-electron chi connectivity index (χ1n) is 7.21. The maximum absolute atomic E-state index is 12.5. The summed E-state index contributed by atoms with van der Waals surface area (Å²) in [6.07, 6.45) is 3.90. The standard InChI is InChI=1S/C14H17ClN6O2/c1-8-12(22)11(19-18-8)13(23)20(2)10-3-4-21(7-10)14-16-5-9(15)6-17-14/h5-6,10,22H,3-4,7H2,1-2H3,(H,18,19). The molecule has 122 valence electrons. The summed E-state index contributed by atoms with van der Waals surface area (Å²) in [7, 11) is 1.72. The van der Waals surface area contributed by atoms with Gasteiger partial charge in [-0.15, -0.1) is 0 Å². The van der Waals surface area contributed by atoms with E-state index in [1.165, 1.54) is 0 Å². The van der Waals surface area contributed by atoms with Crippen LogP contribution in [-0.4, -0.2) is 62.3 Å². The molecule has 0 spiro atoms. The molecule has 3 heterocycles. The molecule has 2 N–H and O–H groups in total. The Morgan fingerprint density at radius 3 is 2.78 bits per heavy atom. The van der Waals surface area contributed by atoms with E-state index in [1.807, 2.05) is 4.90 Å². The lowest BCUT2D eigenvalue weighted by molar-refractivity contribution is 0.0736. The zero-order chi connectivity index (χ0) is 16.6. The number of rotatable bonds is 3. The fourth-order valence-corrected chi connectivity index (χ4v) is 2.72. The smallest absolute Gasteiger partial charge is 0.275 e. The van der Waals surface area contributed by atoms with Gasteiger partial charge in [0.15, 0.2) is 11.4 Å². The number of aromatic hydroxyl groups is 1. The number of hydrogen-bond donors (Lipinski definition) is 2. The van der Waals surface area contributed by atoms with Gasteiger partial charge < -0.3 is 14.9 Å². The molecule has 2 aromatic rings. The summed E-state index contributed by atoms with van der Waals surface area (Å²) < 4.78 is 0. The van der Waals surface area contributed by atoms with Gasteiger partial charge in [0.25, 0.3) is 5.91 Å². The Kier molecular flexibility index (Phi) is 4.08. The summed E-state index contributed by atoms with van der Waals surface area (Å²) in [4.78, 5) is 24.5. The molecule has 9 heteroatoms. The maximum atomic E-state index is 12.5. The molecule has 1 fully saturated rings. The Morgan fingerprint density at radius 1 is 1.48 bits per heavy atom. The van der Waals surface area contributed by atoms with E-state index in [4.69, 9.17) is 11.6 Å². The van der Waals surface area contributed by atoms with Crippen molar-refractivity contribution in [1.29, 1.82) is 0 Å². The van der Waals surface area contributed by atoms with E-state index in [2.05, 4.69) is 20.2 Å². The Balaban J connectivity index is 1.69. The van der Waals surface area contributed by atoms with E-state index in [-0.39, 0.29) is 23.4 Å². The van der Waals surface area contributed by atoms with E-state index in [0.29, 0.717) is 23.2 Å². The minimum Gasteiger partial charge on any atom is -0.504 e. The molecule has 1 aliphatic rings. The number of aromatic amines is 1. The third kappa shape index (κ3) is 2.94. The second-order valence-electron chi connectivity index (χ2n) is 5.54. The van der Waals surface area contributed by atoms with Gasteiger partial charge in [-0.2, -0.15) is 5.10 Å². The number of nitrogens with zero attached hydrogens (tertiary/aromatic N) is 5. The predicted octanol–water partition coefficient (Wildman–Crippen LogP) is 1.22. The summed E-state index contributed by atoms with van der Waals surface area (Å²) in [5.41, 5.74) is 0.524. The first kappa shape index (κ1) is 15.5. The number of aryl methyl sites for hydroxylation is 1. The molecule has 0 aliphatic carbocycles. The number of likely N-dealkylation sites (N-methyl/N-ethyl adjacent to an activating group) is 1. The largest absolute Gasteiger partial charge is 0.504 e. The fourth-order valence-electron chi connectivity index (χ4n) is 2.63. The molecular formula is C14H17ClN6O2. The molecule has 1 atom stereocenters. The summed E-state index contributed by atoms with van der Waals surface area (Å²) in [6, 6.07) is 0.00443. The van der Waals surface area contributed by atoms with Crippen LogP contribution in [0.25, 0.3) is 0 Å². The highest BCUT2D eigenvalue weighted by Gasteiger charge is 2.31. The first-order chi connectivity index (χ1) is 11.0. The van der Waals surface area contributed by atoms with Crippen molar-refractivity contribution in [2.24, 2.45) is 0 Å². The lowest BCUT2D eigenvalue weighted by Crippen LogP contribution is -2.39. The van der Waals surface area contributed by atoms with Crippen LogP contribution < -0.4 is 4.90 Å². The molecule has 0 aromatic carbocycles. The SMILES string of the molecule is Cc1n[nH]c(C(=O)N(C)C2CCN(c3ncc(Cl)cn3)C2)c1O. The molecule has 0 bridgehead atoms. The Morgan fingerprint density at radius 2 is 2.17 bits per heavy atom. The van der Waals surface area contributed by atoms with Crippen LogP contribution in [0.3, 0.4) is 0 Å². The van der Waals surface area contributed by atoms with Crippen molar-refractivity contribution >= 4 is 23.5 Å². The average Bonchev–Trinajstić information content (AvgIpc) is 3.15. The summed E-state index contributed by atoms with van der Waals surface area (Å²) in [5, 5.41) is 16.8. The zero-order valence-corrected chi connectivity index (χ0v) is 13.6. The van der Waals surface area contributed by atoms with Crippen LogP contribution in [0.2, 0.25) is 5.02 Å². The lowest BCUT2D eigenvalue weighted by atomic mass is 10.2. The molecular weight excluding hydrogens is 320 g/mol. The minimum atomic E-state index is -0.285. The van der Waals surface area contributed by atoms with Gasteiger partial charge in [0.05, 0.1) is 23.5 Å². The van der Waals surface area contributed by atoms with Crippen molar-refractivity contribution < 1.29 is 9.90 Å². The van der Waals surface area contributed by atoms with Crippen LogP contribution in [0.1, 0.15) is 22.6 Å². The van der Waals surface area contributed by atoms with Gasteiger partial charge in [-0.05, 0) is 13.3 Å². The van der Waals surface area contributed by atoms with E-state index in [9.17, 15) is 9.90 Å². The van der Waals surface area contributed by atoms with Crippen LogP contribution >= 0.6 is 11.6 Å². The van der Waals surface area contributed by atoms with Gasteiger partial charge in [0.1, 0.15) is 5.69 Å². The van der Waals surface area contributed by atoms with Crippen LogP contribution in [-0.2, 0) is 0 Å². The third-order valence-electron chi connectivity index (χ3n) is 4.05. The van der Waals surface area contributed by atoms with E-state index in [0.717, 1.165) is 13.0 Å². The minimum absolute atomic E-state index is 0.00443. The Bertz CT molecular complexity index is 717. The number of H-pyrrole nitrogens is 1. The van der Waals surface area contributed by atoms with E-state index < -0.39 is 0 Å². The van der Waals surface area contributed by atoms with Crippen molar-refractivity contribution in [2.75, 3.05) is 25.0 Å². The fraction of sp³-hybridized carbons (Fsp3) is 0.429. The molecule has 0 radical (unpaired) electrons. The average molecular weight is 337 g/mol. The number of nitrogens with one attached hydrogen (secondary N) is 1. The first-order valence-corrected chi connectivity index (χ1v) is 7.58. The Hall–Kier alpha value is -2.35. The van der Waals surface area contributed by atoms with Gasteiger partial charge in [-0.3, -0.25) is 9.89 Å². The number of aromatic nitrogens is 4. The van der Waals surface area contributed by atoms with Gasteiger partial charge >= 0.3 is 0 Å². The molecule has 2 aromatic heterocycles. The molecule has 8 nitrogen and oxygen atoms in total. The van der Waals surface area contributed by atoms with Crippen molar-refractivity contribution in [3.8, 4) is 5.75 Å². The van der Waals surface area contributed by atoms with Gasteiger partial charge in [-0.25, -0.2) is 9.97 Å². The van der Waals surface area contributed by atoms with Crippen molar-refractivity contribution in [3.05, 3.63) is 28.8 Å². The number of anilines is 1. The Labute approximate surface area is 138 Å².